The Bertz CT molecular complexity index is 763. The summed E-state index contributed by atoms with van der Waals surface area (Å²) in [5, 5.41) is 3.31. The lowest BCUT2D eigenvalue weighted by Crippen LogP contribution is -2.62. The predicted octanol–water partition coefficient (Wildman–Crippen LogP) is 3.64. The second kappa shape index (κ2) is 6.81. The van der Waals surface area contributed by atoms with Gasteiger partial charge in [-0.2, -0.15) is 0 Å². The van der Waals surface area contributed by atoms with Crippen LogP contribution in [0.4, 0.5) is 0 Å². The van der Waals surface area contributed by atoms with Crippen molar-refractivity contribution in [3.63, 3.8) is 0 Å². The van der Waals surface area contributed by atoms with E-state index in [2.05, 4.69) is 17.1 Å². The van der Waals surface area contributed by atoms with Gasteiger partial charge < -0.3 is 10.1 Å². The van der Waals surface area contributed by atoms with Gasteiger partial charge in [0.05, 0.1) is 12.0 Å². The van der Waals surface area contributed by atoms with Crippen LogP contribution in [0.3, 0.4) is 0 Å². The normalized spacial score (nSPS) is 27.9. The van der Waals surface area contributed by atoms with Gasteiger partial charge >= 0.3 is 0 Å². The van der Waals surface area contributed by atoms with Gasteiger partial charge in [-0.05, 0) is 63.0 Å². The maximum absolute atomic E-state index is 12.8. The van der Waals surface area contributed by atoms with Crippen molar-refractivity contribution in [3.8, 4) is 16.2 Å². The molecule has 0 radical (unpaired) electrons. The number of piperidine rings is 3. The number of nitrogens with one attached hydrogen (secondary N) is 1. The number of hydrogen-bond donors (Lipinski definition) is 1. The van der Waals surface area contributed by atoms with Crippen LogP contribution in [0.15, 0.2) is 36.4 Å². The quantitative estimate of drug-likeness (QED) is 0.909. The van der Waals surface area contributed by atoms with E-state index in [0.717, 1.165) is 21.1 Å². The number of methoxy groups -OCH3 is 1. The first kappa shape index (κ1) is 16.6. The SMILES string of the molecule is COc1ccccc1-c1ccc(C(=O)NC2C3CCN(CC3)C2C)s1. The number of thiophene rings is 1. The molecule has 2 bridgehead atoms. The van der Waals surface area contributed by atoms with Gasteiger partial charge in [-0.3, -0.25) is 9.69 Å². The van der Waals surface area contributed by atoms with Crippen LogP contribution in [0.5, 0.6) is 5.75 Å². The van der Waals surface area contributed by atoms with Crippen molar-refractivity contribution in [1.82, 2.24) is 10.2 Å². The molecular weight excluding hydrogens is 332 g/mol. The highest BCUT2D eigenvalue weighted by atomic mass is 32.1. The summed E-state index contributed by atoms with van der Waals surface area (Å²) < 4.78 is 5.44. The highest BCUT2D eigenvalue weighted by molar-refractivity contribution is 7.17. The summed E-state index contributed by atoms with van der Waals surface area (Å²) in [6.45, 7) is 4.59. The van der Waals surface area contributed by atoms with Crippen LogP contribution in [0.2, 0.25) is 0 Å². The summed E-state index contributed by atoms with van der Waals surface area (Å²) in [4.78, 5) is 17.1. The average molecular weight is 356 g/mol. The Morgan fingerprint density at radius 2 is 1.96 bits per heavy atom. The molecule has 1 aromatic carbocycles. The van der Waals surface area contributed by atoms with Crippen molar-refractivity contribution in [2.75, 3.05) is 20.2 Å². The molecule has 25 heavy (non-hydrogen) atoms. The Morgan fingerprint density at radius 1 is 1.20 bits per heavy atom. The maximum Gasteiger partial charge on any atom is 0.261 e. The molecule has 0 saturated carbocycles. The first-order valence-electron chi connectivity index (χ1n) is 8.95. The fraction of sp³-hybridized carbons (Fsp3) is 0.450. The van der Waals surface area contributed by atoms with Crippen molar-refractivity contribution in [3.05, 3.63) is 41.3 Å². The first-order valence-corrected chi connectivity index (χ1v) is 9.77. The van der Waals surface area contributed by atoms with Crippen LogP contribution >= 0.6 is 11.3 Å². The third kappa shape index (κ3) is 3.07. The summed E-state index contributed by atoms with van der Waals surface area (Å²) in [5.41, 5.74) is 1.03. The van der Waals surface area contributed by atoms with Crippen LogP contribution < -0.4 is 10.1 Å². The highest BCUT2D eigenvalue weighted by Gasteiger charge is 2.40. The standard InChI is InChI=1S/C20H24N2O2S/c1-13-19(14-9-11-22(13)12-10-14)21-20(23)18-8-7-17(25-18)15-5-3-4-6-16(15)24-2/h3-8,13-14,19H,9-12H2,1-2H3,(H,21,23). The number of ether oxygens (including phenoxy) is 1. The number of rotatable bonds is 4. The van der Waals surface area contributed by atoms with Crippen LogP contribution in [-0.2, 0) is 0 Å². The highest BCUT2D eigenvalue weighted by Crippen LogP contribution is 2.36. The van der Waals surface area contributed by atoms with E-state index in [1.807, 2.05) is 36.4 Å². The summed E-state index contributed by atoms with van der Waals surface area (Å²) in [6, 6.07) is 12.6. The van der Waals surface area contributed by atoms with Crippen LogP contribution in [-0.4, -0.2) is 43.1 Å². The number of amides is 1. The smallest absolute Gasteiger partial charge is 0.261 e. The van der Waals surface area contributed by atoms with Crippen molar-refractivity contribution in [2.45, 2.75) is 31.8 Å². The molecule has 3 aliphatic rings. The topological polar surface area (TPSA) is 41.6 Å². The molecule has 4 nitrogen and oxygen atoms in total. The molecule has 1 amide bonds. The number of benzene rings is 1. The number of carbonyl (C=O) groups excluding carboxylic acids is 1. The molecule has 4 heterocycles. The second-order valence-corrected chi connectivity index (χ2v) is 8.06. The molecule has 0 aliphatic carbocycles. The van der Waals surface area contributed by atoms with E-state index >= 15 is 0 Å². The van der Waals surface area contributed by atoms with Crippen molar-refractivity contribution < 1.29 is 9.53 Å². The third-order valence-corrected chi connectivity index (χ3v) is 6.80. The van der Waals surface area contributed by atoms with Crippen LogP contribution in [0.25, 0.3) is 10.4 Å². The summed E-state index contributed by atoms with van der Waals surface area (Å²) in [5.74, 6) is 1.51. The van der Waals surface area contributed by atoms with Crippen LogP contribution in [0, 0.1) is 5.92 Å². The Morgan fingerprint density at radius 3 is 2.68 bits per heavy atom. The molecule has 5 heteroatoms. The minimum atomic E-state index is 0.0525. The summed E-state index contributed by atoms with van der Waals surface area (Å²) in [6.07, 6.45) is 2.40. The molecule has 3 saturated heterocycles. The first-order chi connectivity index (χ1) is 12.2. The van der Waals surface area contributed by atoms with E-state index in [1.165, 1.54) is 37.3 Å². The number of para-hydroxylation sites is 1. The molecule has 1 N–H and O–H groups in total. The van der Waals surface area contributed by atoms with Gasteiger partial charge in [-0.1, -0.05) is 12.1 Å². The molecule has 3 fully saturated rings. The minimum Gasteiger partial charge on any atom is -0.496 e. The number of nitrogens with zero attached hydrogens (tertiary/aromatic N) is 1. The number of hydrogen-bond acceptors (Lipinski definition) is 4. The Kier molecular flexibility index (Phi) is 4.52. The van der Waals surface area contributed by atoms with Crippen molar-refractivity contribution in [1.29, 1.82) is 0 Å². The lowest BCUT2D eigenvalue weighted by molar-refractivity contribution is 0.0218. The molecule has 132 valence electrons. The van der Waals surface area contributed by atoms with E-state index in [4.69, 9.17) is 4.74 Å². The molecular formula is C20H24N2O2S. The fourth-order valence-electron chi connectivity index (χ4n) is 4.22. The largest absolute Gasteiger partial charge is 0.496 e. The summed E-state index contributed by atoms with van der Waals surface area (Å²) in [7, 11) is 1.68. The Hall–Kier alpha value is -1.85. The van der Waals surface area contributed by atoms with Gasteiger partial charge in [0.25, 0.3) is 5.91 Å². The van der Waals surface area contributed by atoms with Crippen LogP contribution in [0.1, 0.15) is 29.4 Å². The average Bonchev–Trinajstić information content (AvgIpc) is 3.15. The fourth-order valence-corrected chi connectivity index (χ4v) is 5.16. The number of fused-ring (bicyclic) bond motifs is 3. The van der Waals surface area contributed by atoms with E-state index in [-0.39, 0.29) is 11.9 Å². The lowest BCUT2D eigenvalue weighted by atomic mass is 9.79. The second-order valence-electron chi connectivity index (χ2n) is 6.98. The van der Waals surface area contributed by atoms with E-state index in [1.54, 1.807) is 7.11 Å². The van der Waals surface area contributed by atoms with Gasteiger partial charge in [-0.25, -0.2) is 0 Å². The van der Waals surface area contributed by atoms with E-state index < -0.39 is 0 Å². The minimum absolute atomic E-state index is 0.0525. The van der Waals surface area contributed by atoms with Gasteiger partial charge in [0.2, 0.25) is 0 Å². The maximum atomic E-state index is 12.8. The molecule has 5 rings (SSSR count). The molecule has 2 unspecified atom stereocenters. The molecule has 2 aromatic rings. The summed E-state index contributed by atoms with van der Waals surface area (Å²) >= 11 is 1.53. The zero-order chi connectivity index (χ0) is 17.4. The Balaban J connectivity index is 1.51. The van der Waals surface area contributed by atoms with Gasteiger partial charge in [0.15, 0.2) is 0 Å². The third-order valence-electron chi connectivity index (χ3n) is 5.68. The molecule has 0 spiro atoms. The molecule has 2 atom stereocenters. The van der Waals surface area contributed by atoms with E-state index in [0.29, 0.717) is 12.0 Å². The van der Waals surface area contributed by atoms with Crippen molar-refractivity contribution in [2.24, 2.45) is 5.92 Å². The van der Waals surface area contributed by atoms with Gasteiger partial charge in [-0.15, -0.1) is 11.3 Å². The monoisotopic (exact) mass is 356 g/mol. The van der Waals surface area contributed by atoms with Gasteiger partial charge in [0, 0.05) is 22.5 Å². The van der Waals surface area contributed by atoms with Gasteiger partial charge in [0.1, 0.15) is 5.75 Å². The predicted molar refractivity (Wildman–Crippen MR) is 101 cm³/mol. The Labute approximate surface area is 152 Å². The lowest BCUT2D eigenvalue weighted by Gasteiger charge is -2.49. The number of carbonyl (C=O) groups is 1. The zero-order valence-electron chi connectivity index (χ0n) is 14.7. The molecule has 1 aromatic heterocycles. The zero-order valence-corrected chi connectivity index (χ0v) is 15.5. The molecule has 3 aliphatic heterocycles. The van der Waals surface area contributed by atoms with Crippen molar-refractivity contribution >= 4 is 17.2 Å². The van der Waals surface area contributed by atoms with E-state index in [9.17, 15) is 4.79 Å².